The van der Waals surface area contributed by atoms with E-state index in [9.17, 15) is 15.0 Å². The van der Waals surface area contributed by atoms with Crippen molar-refractivity contribution in [3.8, 4) is 0 Å². The summed E-state index contributed by atoms with van der Waals surface area (Å²) in [5.41, 5.74) is 0.858. The summed E-state index contributed by atoms with van der Waals surface area (Å²) < 4.78 is 22.7. The number of aliphatic hydroxyl groups excluding tert-OH is 2. The second-order valence-electron chi connectivity index (χ2n) is 7.31. The van der Waals surface area contributed by atoms with E-state index < -0.39 is 48.6 Å². The first kappa shape index (κ1) is 17.7. The SMILES string of the molecule is CC1(C)O[C@H]2O[C@@H]3[C@@H](O)[C@@H](O)CN(C(=O)OCc4ccccc4)[C@@H]3[C@H]2O1. The van der Waals surface area contributed by atoms with Crippen LogP contribution in [-0.2, 0) is 25.6 Å². The van der Waals surface area contributed by atoms with Crippen molar-refractivity contribution in [3.05, 3.63) is 35.9 Å². The number of hydrogen-bond donors (Lipinski definition) is 2. The Hall–Kier alpha value is -1.71. The van der Waals surface area contributed by atoms with Crippen molar-refractivity contribution >= 4 is 6.09 Å². The van der Waals surface area contributed by atoms with Crippen molar-refractivity contribution in [2.24, 2.45) is 0 Å². The molecule has 3 fully saturated rings. The average Bonchev–Trinajstić information content (AvgIpc) is 3.09. The van der Waals surface area contributed by atoms with E-state index in [4.69, 9.17) is 18.9 Å². The Morgan fingerprint density at radius 1 is 1.23 bits per heavy atom. The number of amides is 1. The Balaban J connectivity index is 1.51. The number of nitrogens with zero attached hydrogens (tertiary/aromatic N) is 1. The van der Waals surface area contributed by atoms with Crippen LogP contribution in [0.15, 0.2) is 30.3 Å². The molecule has 1 aromatic carbocycles. The van der Waals surface area contributed by atoms with Gasteiger partial charge in [0.15, 0.2) is 12.1 Å². The van der Waals surface area contributed by atoms with Gasteiger partial charge in [-0.2, -0.15) is 0 Å². The van der Waals surface area contributed by atoms with Crippen molar-refractivity contribution in [3.63, 3.8) is 0 Å². The van der Waals surface area contributed by atoms with Crippen LogP contribution in [0.4, 0.5) is 4.79 Å². The van der Waals surface area contributed by atoms with Gasteiger partial charge in [-0.25, -0.2) is 4.79 Å². The fourth-order valence-corrected chi connectivity index (χ4v) is 3.80. The molecular weight excluding hydrogens is 342 g/mol. The van der Waals surface area contributed by atoms with Crippen LogP contribution in [0.1, 0.15) is 19.4 Å². The summed E-state index contributed by atoms with van der Waals surface area (Å²) >= 11 is 0. The highest BCUT2D eigenvalue weighted by atomic mass is 16.8. The molecule has 6 atom stereocenters. The summed E-state index contributed by atoms with van der Waals surface area (Å²) in [4.78, 5) is 14.1. The molecule has 0 unspecified atom stereocenters. The summed E-state index contributed by atoms with van der Waals surface area (Å²) in [6, 6.07) is 8.73. The predicted molar refractivity (Wildman–Crippen MR) is 87.8 cm³/mol. The van der Waals surface area contributed by atoms with E-state index in [2.05, 4.69) is 0 Å². The van der Waals surface area contributed by atoms with Crippen LogP contribution in [0.25, 0.3) is 0 Å². The third kappa shape index (κ3) is 3.08. The quantitative estimate of drug-likeness (QED) is 0.792. The highest BCUT2D eigenvalue weighted by Gasteiger charge is 2.62. The molecule has 3 saturated heterocycles. The number of rotatable bonds is 2. The van der Waals surface area contributed by atoms with Gasteiger partial charge < -0.3 is 29.2 Å². The van der Waals surface area contributed by atoms with Gasteiger partial charge in [0, 0.05) is 0 Å². The minimum Gasteiger partial charge on any atom is -0.445 e. The van der Waals surface area contributed by atoms with Gasteiger partial charge in [0.25, 0.3) is 0 Å². The van der Waals surface area contributed by atoms with Gasteiger partial charge >= 0.3 is 6.09 Å². The van der Waals surface area contributed by atoms with Gasteiger partial charge in [0.2, 0.25) is 0 Å². The van der Waals surface area contributed by atoms with Crippen molar-refractivity contribution in [1.29, 1.82) is 0 Å². The monoisotopic (exact) mass is 365 g/mol. The van der Waals surface area contributed by atoms with E-state index in [0.717, 1.165) is 5.56 Å². The zero-order chi connectivity index (χ0) is 18.5. The number of hydrogen-bond acceptors (Lipinski definition) is 7. The molecule has 1 aromatic rings. The number of benzene rings is 1. The summed E-state index contributed by atoms with van der Waals surface area (Å²) in [6.07, 6.45) is -4.90. The first-order chi connectivity index (χ1) is 12.4. The number of likely N-dealkylation sites (tertiary alicyclic amines) is 1. The first-order valence-electron chi connectivity index (χ1n) is 8.70. The molecular formula is C18H23NO7. The standard InChI is InChI=1S/C18H23NO7/c1-18(2)25-15-12-14(24-16(15)26-18)13(21)11(20)8-19(12)17(22)23-9-10-6-4-3-5-7-10/h3-7,11-16,20-21H,8-9H2,1-2H3/t11-,12-,13-,14-,15+,16+/m0/s1. The van der Waals surface area contributed by atoms with Crippen LogP contribution in [0.5, 0.6) is 0 Å². The maximum atomic E-state index is 12.7. The van der Waals surface area contributed by atoms with Crippen molar-refractivity contribution < 1.29 is 34.0 Å². The van der Waals surface area contributed by atoms with E-state index >= 15 is 0 Å². The lowest BCUT2D eigenvalue weighted by Crippen LogP contribution is -2.64. The topological polar surface area (TPSA) is 97.7 Å². The van der Waals surface area contributed by atoms with Crippen molar-refractivity contribution in [2.45, 2.75) is 63.0 Å². The van der Waals surface area contributed by atoms with E-state index in [-0.39, 0.29) is 13.2 Å². The summed E-state index contributed by atoms with van der Waals surface area (Å²) in [5, 5.41) is 20.4. The number of carbonyl (C=O) groups excluding carboxylic acids is 1. The third-order valence-corrected chi connectivity index (χ3v) is 4.97. The Labute approximate surface area is 151 Å². The van der Waals surface area contributed by atoms with E-state index in [1.807, 2.05) is 30.3 Å². The Bertz CT molecular complexity index is 667. The van der Waals surface area contributed by atoms with Gasteiger partial charge in [-0.05, 0) is 19.4 Å². The molecule has 3 aliphatic rings. The van der Waals surface area contributed by atoms with E-state index in [1.165, 1.54) is 4.90 Å². The Morgan fingerprint density at radius 2 is 1.96 bits per heavy atom. The minimum absolute atomic E-state index is 0.0632. The average molecular weight is 365 g/mol. The Kier molecular flexibility index (Phi) is 4.40. The van der Waals surface area contributed by atoms with Crippen LogP contribution in [-0.4, -0.2) is 70.3 Å². The fourth-order valence-electron chi connectivity index (χ4n) is 3.80. The molecule has 0 aliphatic carbocycles. The summed E-state index contributed by atoms with van der Waals surface area (Å²) in [5.74, 6) is -0.846. The van der Waals surface area contributed by atoms with E-state index in [1.54, 1.807) is 13.8 Å². The van der Waals surface area contributed by atoms with Crippen LogP contribution in [0.3, 0.4) is 0 Å². The van der Waals surface area contributed by atoms with Gasteiger partial charge in [0.1, 0.15) is 31.0 Å². The number of carbonyl (C=O) groups is 1. The lowest BCUT2D eigenvalue weighted by atomic mass is 9.92. The van der Waals surface area contributed by atoms with Crippen LogP contribution in [0, 0.1) is 0 Å². The minimum atomic E-state index is -1.13. The molecule has 8 heteroatoms. The number of ether oxygens (including phenoxy) is 4. The van der Waals surface area contributed by atoms with Gasteiger partial charge in [0.05, 0.1) is 12.6 Å². The molecule has 0 spiro atoms. The number of piperidine rings is 1. The fraction of sp³-hybridized carbons (Fsp3) is 0.611. The molecule has 8 nitrogen and oxygen atoms in total. The molecule has 26 heavy (non-hydrogen) atoms. The molecule has 4 rings (SSSR count). The second kappa shape index (κ2) is 6.47. The molecule has 0 bridgehead atoms. The van der Waals surface area contributed by atoms with Crippen LogP contribution >= 0.6 is 0 Å². The number of fused-ring (bicyclic) bond motifs is 3. The third-order valence-electron chi connectivity index (χ3n) is 4.97. The van der Waals surface area contributed by atoms with Gasteiger partial charge in [-0.15, -0.1) is 0 Å². The number of β-amino-alcohol motifs (C(OH)–C–C–N with tert-alkyl or cyclic N) is 1. The highest BCUT2D eigenvalue weighted by molar-refractivity contribution is 5.68. The lowest BCUT2D eigenvalue weighted by molar-refractivity contribution is -0.234. The molecule has 1 amide bonds. The molecule has 3 aliphatic heterocycles. The molecule has 142 valence electrons. The maximum absolute atomic E-state index is 12.7. The molecule has 0 aromatic heterocycles. The van der Waals surface area contributed by atoms with Crippen LogP contribution < -0.4 is 0 Å². The predicted octanol–water partition coefficient (Wildman–Crippen LogP) is 0.606. The second-order valence-corrected chi connectivity index (χ2v) is 7.31. The van der Waals surface area contributed by atoms with Gasteiger partial charge in [-0.3, -0.25) is 4.90 Å². The first-order valence-corrected chi connectivity index (χ1v) is 8.70. The smallest absolute Gasteiger partial charge is 0.410 e. The zero-order valence-electron chi connectivity index (χ0n) is 14.6. The zero-order valence-corrected chi connectivity index (χ0v) is 14.6. The van der Waals surface area contributed by atoms with Crippen molar-refractivity contribution in [2.75, 3.05) is 6.54 Å². The largest absolute Gasteiger partial charge is 0.445 e. The van der Waals surface area contributed by atoms with Crippen LogP contribution in [0.2, 0.25) is 0 Å². The highest BCUT2D eigenvalue weighted by Crippen LogP contribution is 2.42. The molecule has 2 N–H and O–H groups in total. The number of aliphatic hydroxyl groups is 2. The van der Waals surface area contributed by atoms with Gasteiger partial charge in [-0.1, -0.05) is 30.3 Å². The molecule has 3 heterocycles. The summed E-state index contributed by atoms with van der Waals surface area (Å²) in [6.45, 7) is 3.57. The normalized spacial score (nSPS) is 37.9. The molecule has 0 radical (unpaired) electrons. The Morgan fingerprint density at radius 3 is 2.69 bits per heavy atom. The lowest BCUT2D eigenvalue weighted by Gasteiger charge is -2.42. The molecule has 0 saturated carbocycles. The van der Waals surface area contributed by atoms with E-state index in [0.29, 0.717) is 0 Å². The summed E-state index contributed by atoms with van der Waals surface area (Å²) in [7, 11) is 0. The maximum Gasteiger partial charge on any atom is 0.410 e. The van der Waals surface area contributed by atoms with Crippen molar-refractivity contribution in [1.82, 2.24) is 4.90 Å².